The normalized spacial score (nSPS) is 11.2. The van der Waals surface area contributed by atoms with Gasteiger partial charge in [-0.1, -0.05) is 23.8 Å². The molecule has 0 bridgehead atoms. The van der Waals surface area contributed by atoms with E-state index in [4.69, 9.17) is 10.2 Å². The van der Waals surface area contributed by atoms with Crippen LogP contribution in [0.25, 0.3) is 0 Å². The molecule has 0 saturated carbocycles. The van der Waals surface area contributed by atoms with Crippen molar-refractivity contribution in [3.63, 3.8) is 0 Å². The maximum absolute atomic E-state index is 5.70. The van der Waals surface area contributed by atoms with Crippen molar-refractivity contribution >= 4 is 0 Å². The minimum atomic E-state index is 0.658. The van der Waals surface area contributed by atoms with Gasteiger partial charge >= 0.3 is 0 Å². The lowest BCUT2D eigenvalue weighted by molar-refractivity contribution is 0.241. The van der Waals surface area contributed by atoms with Crippen LogP contribution in [-0.4, -0.2) is 18.0 Å². The van der Waals surface area contributed by atoms with Crippen molar-refractivity contribution in [3.05, 3.63) is 59.0 Å². The highest BCUT2D eigenvalue weighted by Gasteiger charge is 2.09. The summed E-state index contributed by atoms with van der Waals surface area (Å²) in [6.45, 7) is 7.52. The van der Waals surface area contributed by atoms with Crippen LogP contribution in [0.3, 0.4) is 0 Å². The summed E-state index contributed by atoms with van der Waals surface area (Å²) in [7, 11) is 0. The summed E-state index contributed by atoms with van der Waals surface area (Å²) in [6.07, 6.45) is 1.72. The van der Waals surface area contributed by atoms with Gasteiger partial charge in [-0.25, -0.2) is 0 Å². The quantitative estimate of drug-likeness (QED) is 0.866. The molecule has 0 unspecified atom stereocenters. The van der Waals surface area contributed by atoms with E-state index in [-0.39, 0.29) is 0 Å². The number of benzene rings is 1. The predicted molar refractivity (Wildman–Crippen MR) is 77.8 cm³/mol. The number of nitrogens with zero attached hydrogens (tertiary/aromatic N) is 1. The molecule has 1 heterocycles. The van der Waals surface area contributed by atoms with Gasteiger partial charge in [-0.2, -0.15) is 0 Å². The third-order valence-electron chi connectivity index (χ3n) is 3.30. The fraction of sp³-hybridized carbons (Fsp3) is 0.375. The lowest BCUT2D eigenvalue weighted by Crippen LogP contribution is -2.28. The van der Waals surface area contributed by atoms with Crippen molar-refractivity contribution in [1.29, 1.82) is 0 Å². The highest BCUT2D eigenvalue weighted by atomic mass is 16.3. The van der Waals surface area contributed by atoms with E-state index in [0.717, 1.165) is 25.4 Å². The van der Waals surface area contributed by atoms with Gasteiger partial charge in [0.1, 0.15) is 5.76 Å². The third kappa shape index (κ3) is 3.94. The number of hydrogen-bond acceptors (Lipinski definition) is 3. The molecule has 2 aromatic rings. The summed E-state index contributed by atoms with van der Waals surface area (Å²) >= 11 is 0. The molecule has 0 aliphatic heterocycles. The first-order valence-electron chi connectivity index (χ1n) is 6.70. The van der Waals surface area contributed by atoms with Gasteiger partial charge in [0.15, 0.2) is 0 Å². The molecule has 3 nitrogen and oxygen atoms in total. The summed E-state index contributed by atoms with van der Waals surface area (Å²) in [5.41, 5.74) is 9.69. The Hall–Kier alpha value is -1.58. The molecule has 1 aromatic carbocycles. The zero-order chi connectivity index (χ0) is 13.7. The van der Waals surface area contributed by atoms with Gasteiger partial charge in [0.05, 0.1) is 12.8 Å². The van der Waals surface area contributed by atoms with Gasteiger partial charge in [0.2, 0.25) is 0 Å². The van der Waals surface area contributed by atoms with Crippen LogP contribution in [-0.2, 0) is 13.1 Å². The van der Waals surface area contributed by atoms with Crippen molar-refractivity contribution in [3.8, 4) is 0 Å². The second-order valence-electron chi connectivity index (χ2n) is 5.01. The van der Waals surface area contributed by atoms with E-state index in [1.807, 2.05) is 12.1 Å². The average molecular weight is 258 g/mol. The molecule has 0 atom stereocenters. The zero-order valence-electron chi connectivity index (χ0n) is 11.7. The molecule has 0 saturated heterocycles. The van der Waals surface area contributed by atoms with Crippen LogP contribution >= 0.6 is 0 Å². The molecular formula is C16H22N2O. The first kappa shape index (κ1) is 13.8. The molecular weight excluding hydrogens is 236 g/mol. The van der Waals surface area contributed by atoms with E-state index in [1.165, 1.54) is 16.7 Å². The fourth-order valence-electron chi connectivity index (χ4n) is 2.28. The summed E-state index contributed by atoms with van der Waals surface area (Å²) in [5.74, 6) is 0.984. The second-order valence-corrected chi connectivity index (χ2v) is 5.01. The molecule has 0 spiro atoms. The van der Waals surface area contributed by atoms with Crippen LogP contribution in [0.2, 0.25) is 0 Å². The number of nitrogens with two attached hydrogens (primary N) is 1. The number of aryl methyl sites for hydroxylation is 2. The maximum Gasteiger partial charge on any atom is 0.117 e. The van der Waals surface area contributed by atoms with Crippen molar-refractivity contribution in [2.24, 2.45) is 5.73 Å². The molecule has 102 valence electrons. The molecule has 2 N–H and O–H groups in total. The standard InChI is InChI=1S/C16H22N2O/c1-13-5-6-15(14(2)10-13)11-18(8-7-17)12-16-4-3-9-19-16/h3-6,9-10H,7-8,11-12,17H2,1-2H3. The largest absolute Gasteiger partial charge is 0.468 e. The Morgan fingerprint density at radius 2 is 2.00 bits per heavy atom. The highest BCUT2D eigenvalue weighted by Crippen LogP contribution is 2.15. The molecule has 0 fully saturated rings. The van der Waals surface area contributed by atoms with E-state index in [2.05, 4.69) is 36.9 Å². The molecule has 3 heteroatoms. The van der Waals surface area contributed by atoms with Crippen LogP contribution in [0.4, 0.5) is 0 Å². The van der Waals surface area contributed by atoms with Crippen LogP contribution in [0.1, 0.15) is 22.5 Å². The number of rotatable bonds is 6. The molecule has 19 heavy (non-hydrogen) atoms. The Morgan fingerprint density at radius 3 is 2.63 bits per heavy atom. The van der Waals surface area contributed by atoms with Gasteiger partial charge in [-0.15, -0.1) is 0 Å². The van der Waals surface area contributed by atoms with E-state index in [1.54, 1.807) is 6.26 Å². The summed E-state index contributed by atoms with van der Waals surface area (Å²) in [4.78, 5) is 2.32. The highest BCUT2D eigenvalue weighted by molar-refractivity contribution is 5.30. The summed E-state index contributed by atoms with van der Waals surface area (Å²) in [5, 5.41) is 0. The second kappa shape index (κ2) is 6.55. The molecule has 0 radical (unpaired) electrons. The lowest BCUT2D eigenvalue weighted by Gasteiger charge is -2.21. The fourth-order valence-corrected chi connectivity index (χ4v) is 2.28. The summed E-state index contributed by atoms with van der Waals surface area (Å²) < 4.78 is 5.41. The van der Waals surface area contributed by atoms with Crippen molar-refractivity contribution < 1.29 is 4.42 Å². The topological polar surface area (TPSA) is 42.4 Å². The Bertz CT molecular complexity index is 505. The molecule has 1 aromatic heterocycles. The predicted octanol–water partition coefficient (Wildman–Crippen LogP) is 2.86. The van der Waals surface area contributed by atoms with Crippen LogP contribution in [0.15, 0.2) is 41.0 Å². The van der Waals surface area contributed by atoms with Gasteiger partial charge in [0.25, 0.3) is 0 Å². The molecule has 2 rings (SSSR count). The van der Waals surface area contributed by atoms with Crippen molar-refractivity contribution in [2.45, 2.75) is 26.9 Å². The molecule has 0 aliphatic carbocycles. The zero-order valence-corrected chi connectivity index (χ0v) is 11.7. The minimum Gasteiger partial charge on any atom is -0.468 e. The van der Waals surface area contributed by atoms with E-state index in [0.29, 0.717) is 6.54 Å². The maximum atomic E-state index is 5.70. The SMILES string of the molecule is Cc1ccc(CN(CCN)Cc2ccco2)c(C)c1. The Kier molecular flexibility index (Phi) is 4.77. The Morgan fingerprint density at radius 1 is 1.16 bits per heavy atom. The van der Waals surface area contributed by atoms with Gasteiger partial charge in [0, 0.05) is 19.6 Å². The smallest absolute Gasteiger partial charge is 0.117 e. The van der Waals surface area contributed by atoms with Crippen LogP contribution in [0.5, 0.6) is 0 Å². The van der Waals surface area contributed by atoms with Crippen molar-refractivity contribution in [2.75, 3.05) is 13.1 Å². The van der Waals surface area contributed by atoms with Gasteiger partial charge < -0.3 is 10.2 Å². The van der Waals surface area contributed by atoms with E-state index in [9.17, 15) is 0 Å². The monoisotopic (exact) mass is 258 g/mol. The Labute approximate surface area is 115 Å². The minimum absolute atomic E-state index is 0.658. The first-order chi connectivity index (χ1) is 9.19. The average Bonchev–Trinajstić information content (AvgIpc) is 2.86. The molecule has 0 amide bonds. The number of hydrogen-bond donors (Lipinski definition) is 1. The lowest BCUT2D eigenvalue weighted by atomic mass is 10.1. The summed E-state index contributed by atoms with van der Waals surface area (Å²) in [6, 6.07) is 10.5. The number of furan rings is 1. The Balaban J connectivity index is 2.07. The van der Waals surface area contributed by atoms with Gasteiger partial charge in [-0.3, -0.25) is 4.90 Å². The van der Waals surface area contributed by atoms with Gasteiger partial charge in [-0.05, 0) is 37.1 Å². The van der Waals surface area contributed by atoms with E-state index < -0.39 is 0 Å². The first-order valence-corrected chi connectivity index (χ1v) is 6.70. The van der Waals surface area contributed by atoms with E-state index >= 15 is 0 Å². The third-order valence-corrected chi connectivity index (χ3v) is 3.30. The molecule has 0 aliphatic rings. The van der Waals surface area contributed by atoms with Crippen LogP contribution in [0, 0.1) is 13.8 Å². The van der Waals surface area contributed by atoms with Crippen LogP contribution < -0.4 is 5.73 Å². The van der Waals surface area contributed by atoms with Crippen molar-refractivity contribution in [1.82, 2.24) is 4.90 Å².